The molecule has 1 N–H and O–H groups in total. The maximum Gasteiger partial charge on any atom is 0.220 e. The van der Waals surface area contributed by atoms with Gasteiger partial charge in [0.25, 0.3) is 0 Å². The number of amides is 1. The molecule has 3 aromatic carbocycles. The smallest absolute Gasteiger partial charge is 0.220 e. The quantitative estimate of drug-likeness (QED) is 0.639. The number of hydrogen-bond donors (Lipinski definition) is 1. The molecular formula is C24H25NO2. The summed E-state index contributed by atoms with van der Waals surface area (Å²) >= 11 is 0. The van der Waals surface area contributed by atoms with Gasteiger partial charge in [-0.3, -0.25) is 4.79 Å². The van der Waals surface area contributed by atoms with Gasteiger partial charge in [-0.15, -0.1) is 0 Å². The zero-order valence-corrected chi connectivity index (χ0v) is 15.6. The summed E-state index contributed by atoms with van der Waals surface area (Å²) in [5.41, 5.74) is 3.51. The first-order valence-electron chi connectivity index (χ1n) is 9.26. The van der Waals surface area contributed by atoms with Crippen LogP contribution in [0, 0.1) is 0 Å². The first-order valence-corrected chi connectivity index (χ1v) is 9.26. The van der Waals surface area contributed by atoms with Crippen LogP contribution < -0.4 is 10.1 Å². The van der Waals surface area contributed by atoms with E-state index in [-0.39, 0.29) is 11.8 Å². The second-order valence-corrected chi connectivity index (χ2v) is 6.53. The molecule has 0 unspecified atom stereocenters. The summed E-state index contributed by atoms with van der Waals surface area (Å²) in [7, 11) is 1.65. The van der Waals surface area contributed by atoms with E-state index in [0.717, 1.165) is 11.3 Å². The Morgan fingerprint density at radius 3 is 2.11 bits per heavy atom. The molecule has 3 aromatic rings. The number of hydrogen-bond acceptors (Lipinski definition) is 2. The van der Waals surface area contributed by atoms with Crippen molar-refractivity contribution in [3.8, 4) is 5.75 Å². The van der Waals surface area contributed by atoms with Gasteiger partial charge in [-0.2, -0.15) is 0 Å². The van der Waals surface area contributed by atoms with Crippen LogP contribution in [0.15, 0.2) is 84.9 Å². The fourth-order valence-corrected chi connectivity index (χ4v) is 3.19. The minimum Gasteiger partial charge on any atom is -0.497 e. The highest BCUT2D eigenvalue weighted by Gasteiger charge is 2.15. The summed E-state index contributed by atoms with van der Waals surface area (Å²) in [6.07, 6.45) is 1.16. The lowest BCUT2D eigenvalue weighted by atomic mass is 9.91. The van der Waals surface area contributed by atoms with Gasteiger partial charge in [-0.25, -0.2) is 0 Å². The van der Waals surface area contributed by atoms with E-state index in [1.165, 1.54) is 11.1 Å². The standard InChI is InChI=1S/C24H25NO2/c1-27-22-14-8-9-19(17-22)15-16-24(26)25-18-23(20-10-4-2-5-11-20)21-12-6-3-7-13-21/h2-14,17,23H,15-16,18H2,1H3,(H,25,26). The Morgan fingerprint density at radius 2 is 1.52 bits per heavy atom. The second kappa shape index (κ2) is 9.58. The fourth-order valence-electron chi connectivity index (χ4n) is 3.19. The molecule has 0 aliphatic heterocycles. The summed E-state index contributed by atoms with van der Waals surface area (Å²) in [6, 6.07) is 28.5. The third kappa shape index (κ3) is 5.45. The highest BCUT2D eigenvalue weighted by atomic mass is 16.5. The maximum absolute atomic E-state index is 12.4. The van der Waals surface area contributed by atoms with E-state index in [9.17, 15) is 4.79 Å². The number of ether oxygens (including phenoxy) is 1. The first-order chi connectivity index (χ1) is 13.3. The predicted octanol–water partition coefficient (Wildman–Crippen LogP) is 4.58. The van der Waals surface area contributed by atoms with E-state index in [1.54, 1.807) is 7.11 Å². The zero-order chi connectivity index (χ0) is 18.9. The lowest BCUT2D eigenvalue weighted by molar-refractivity contribution is -0.121. The summed E-state index contributed by atoms with van der Waals surface area (Å²) in [5.74, 6) is 1.03. The molecule has 0 spiro atoms. The van der Waals surface area contributed by atoms with Gasteiger partial charge < -0.3 is 10.1 Å². The van der Waals surface area contributed by atoms with E-state index < -0.39 is 0 Å². The Morgan fingerprint density at radius 1 is 0.889 bits per heavy atom. The van der Waals surface area contributed by atoms with Gasteiger partial charge in [0.1, 0.15) is 5.75 Å². The molecule has 0 fully saturated rings. The van der Waals surface area contributed by atoms with E-state index >= 15 is 0 Å². The molecular weight excluding hydrogens is 334 g/mol. The first kappa shape index (κ1) is 18.7. The number of nitrogens with one attached hydrogen (secondary N) is 1. The molecule has 3 nitrogen and oxygen atoms in total. The summed E-state index contributed by atoms with van der Waals surface area (Å²) in [4.78, 5) is 12.4. The molecule has 0 saturated heterocycles. The number of aryl methyl sites for hydroxylation is 1. The normalized spacial score (nSPS) is 10.6. The molecule has 0 bridgehead atoms. The van der Waals surface area contributed by atoms with Crippen molar-refractivity contribution in [2.75, 3.05) is 13.7 Å². The van der Waals surface area contributed by atoms with Crippen LogP contribution in [0.4, 0.5) is 0 Å². The van der Waals surface area contributed by atoms with Crippen molar-refractivity contribution in [3.63, 3.8) is 0 Å². The van der Waals surface area contributed by atoms with Crippen molar-refractivity contribution in [1.82, 2.24) is 5.32 Å². The maximum atomic E-state index is 12.4. The molecule has 0 aliphatic carbocycles. The van der Waals surface area contributed by atoms with Crippen molar-refractivity contribution < 1.29 is 9.53 Å². The van der Waals surface area contributed by atoms with Gasteiger partial charge >= 0.3 is 0 Å². The minimum absolute atomic E-state index is 0.0645. The van der Waals surface area contributed by atoms with Gasteiger partial charge in [0, 0.05) is 18.9 Å². The molecule has 0 aliphatic rings. The molecule has 0 atom stereocenters. The Bertz CT molecular complexity index is 807. The largest absolute Gasteiger partial charge is 0.497 e. The zero-order valence-electron chi connectivity index (χ0n) is 15.6. The number of carbonyl (C=O) groups excluding carboxylic acids is 1. The van der Waals surface area contributed by atoms with E-state index in [2.05, 4.69) is 29.6 Å². The van der Waals surface area contributed by atoms with Crippen LogP contribution >= 0.6 is 0 Å². The van der Waals surface area contributed by atoms with Gasteiger partial charge in [-0.05, 0) is 35.2 Å². The molecule has 0 aromatic heterocycles. The Kier molecular flexibility index (Phi) is 6.64. The van der Waals surface area contributed by atoms with Gasteiger partial charge in [-0.1, -0.05) is 72.8 Å². The van der Waals surface area contributed by atoms with Gasteiger partial charge in [0.15, 0.2) is 0 Å². The van der Waals surface area contributed by atoms with Gasteiger partial charge in [0.05, 0.1) is 7.11 Å². The SMILES string of the molecule is COc1cccc(CCC(=O)NCC(c2ccccc2)c2ccccc2)c1. The Labute approximate surface area is 161 Å². The Hall–Kier alpha value is -3.07. The average Bonchev–Trinajstić information content (AvgIpc) is 2.74. The molecule has 1 amide bonds. The summed E-state index contributed by atoms with van der Waals surface area (Å²) < 4.78 is 5.24. The molecule has 0 radical (unpaired) electrons. The van der Waals surface area contributed by atoms with Crippen LogP contribution in [-0.4, -0.2) is 19.6 Å². The summed E-state index contributed by atoms with van der Waals surface area (Å²) in [5, 5.41) is 3.11. The average molecular weight is 359 g/mol. The lowest BCUT2D eigenvalue weighted by Gasteiger charge is -2.19. The topological polar surface area (TPSA) is 38.3 Å². The van der Waals surface area contributed by atoms with E-state index in [4.69, 9.17) is 4.74 Å². The van der Waals surface area contributed by atoms with Crippen molar-refractivity contribution >= 4 is 5.91 Å². The van der Waals surface area contributed by atoms with Crippen LogP contribution in [0.1, 0.15) is 29.0 Å². The molecule has 3 rings (SSSR count). The van der Waals surface area contributed by atoms with Crippen molar-refractivity contribution in [2.45, 2.75) is 18.8 Å². The van der Waals surface area contributed by atoms with Crippen LogP contribution in [0.5, 0.6) is 5.75 Å². The third-order valence-corrected chi connectivity index (χ3v) is 4.68. The van der Waals surface area contributed by atoms with Crippen LogP contribution in [0.3, 0.4) is 0 Å². The van der Waals surface area contributed by atoms with Crippen LogP contribution in [-0.2, 0) is 11.2 Å². The predicted molar refractivity (Wildman–Crippen MR) is 109 cm³/mol. The molecule has 138 valence electrons. The number of carbonyl (C=O) groups is 1. The highest BCUT2D eigenvalue weighted by molar-refractivity contribution is 5.76. The molecule has 0 heterocycles. The van der Waals surface area contributed by atoms with E-state index in [1.807, 2.05) is 60.7 Å². The third-order valence-electron chi connectivity index (χ3n) is 4.68. The lowest BCUT2D eigenvalue weighted by Crippen LogP contribution is -2.29. The van der Waals surface area contributed by atoms with Gasteiger partial charge in [0.2, 0.25) is 5.91 Å². The second-order valence-electron chi connectivity index (χ2n) is 6.53. The molecule has 27 heavy (non-hydrogen) atoms. The summed E-state index contributed by atoms with van der Waals surface area (Å²) in [6.45, 7) is 0.588. The number of benzene rings is 3. The minimum atomic E-state index is 0.0645. The van der Waals surface area contributed by atoms with Crippen LogP contribution in [0.2, 0.25) is 0 Å². The van der Waals surface area contributed by atoms with Crippen molar-refractivity contribution in [2.24, 2.45) is 0 Å². The number of rotatable bonds is 8. The Balaban J connectivity index is 1.60. The van der Waals surface area contributed by atoms with Crippen molar-refractivity contribution in [3.05, 3.63) is 102 Å². The monoisotopic (exact) mass is 359 g/mol. The van der Waals surface area contributed by atoms with Crippen molar-refractivity contribution in [1.29, 1.82) is 0 Å². The fraction of sp³-hybridized carbons (Fsp3) is 0.208. The molecule has 0 saturated carbocycles. The van der Waals surface area contributed by atoms with E-state index in [0.29, 0.717) is 19.4 Å². The highest BCUT2D eigenvalue weighted by Crippen LogP contribution is 2.23. The number of methoxy groups -OCH3 is 1. The molecule has 3 heteroatoms. The van der Waals surface area contributed by atoms with Crippen LogP contribution in [0.25, 0.3) is 0 Å².